The lowest BCUT2D eigenvalue weighted by Gasteiger charge is -2.20. The molecule has 0 spiro atoms. The van der Waals surface area contributed by atoms with Crippen molar-refractivity contribution in [2.45, 2.75) is 44.4 Å². The highest BCUT2D eigenvalue weighted by molar-refractivity contribution is 5.89. The summed E-state index contributed by atoms with van der Waals surface area (Å²) in [6.45, 7) is 2.08. The Kier molecular flexibility index (Phi) is 5.59. The van der Waals surface area contributed by atoms with Crippen LogP contribution in [-0.2, 0) is 4.74 Å². The molecule has 2 rings (SSSR count). The van der Waals surface area contributed by atoms with Crippen molar-refractivity contribution >= 4 is 11.7 Å². The molecule has 3 unspecified atom stereocenters. The quantitative estimate of drug-likeness (QED) is 0.781. The molecule has 116 valence electrons. The van der Waals surface area contributed by atoms with E-state index in [1.165, 1.54) is 0 Å². The number of carbonyl (C=O) groups is 1. The van der Waals surface area contributed by atoms with Crippen LogP contribution in [0.3, 0.4) is 0 Å². The van der Waals surface area contributed by atoms with Gasteiger partial charge in [-0.15, -0.1) is 0 Å². The van der Waals surface area contributed by atoms with Gasteiger partial charge in [-0.1, -0.05) is 12.1 Å². The van der Waals surface area contributed by atoms with Gasteiger partial charge < -0.3 is 20.7 Å². The first-order valence-electron chi connectivity index (χ1n) is 7.51. The molecule has 0 bridgehead atoms. The van der Waals surface area contributed by atoms with Crippen molar-refractivity contribution in [1.29, 1.82) is 0 Å². The molecule has 1 aromatic carbocycles. The van der Waals surface area contributed by atoms with Crippen molar-refractivity contribution in [1.82, 2.24) is 10.6 Å². The Hall–Kier alpha value is -1.59. The molecule has 1 saturated carbocycles. The number of carbonyl (C=O) groups excluding carboxylic acids is 1. The van der Waals surface area contributed by atoms with Crippen LogP contribution in [0.1, 0.15) is 37.8 Å². The lowest BCUT2D eigenvalue weighted by atomic mass is 10.1. The number of amides is 2. The molecule has 0 aromatic heterocycles. The largest absolute Gasteiger partial charge is 0.379 e. The second kappa shape index (κ2) is 7.43. The minimum atomic E-state index is -0.168. The summed E-state index contributed by atoms with van der Waals surface area (Å²) in [5.74, 6) is 0. The fourth-order valence-electron chi connectivity index (χ4n) is 2.76. The van der Waals surface area contributed by atoms with Crippen molar-refractivity contribution in [3.63, 3.8) is 0 Å². The average Bonchev–Trinajstić information content (AvgIpc) is 2.93. The maximum absolute atomic E-state index is 12.1. The molecule has 3 atom stereocenters. The van der Waals surface area contributed by atoms with Gasteiger partial charge in [-0.25, -0.2) is 4.79 Å². The van der Waals surface area contributed by atoms with E-state index < -0.39 is 0 Å². The Bertz CT molecular complexity index is 478. The highest BCUT2D eigenvalue weighted by Gasteiger charge is 2.28. The minimum Gasteiger partial charge on any atom is -0.379 e. The van der Waals surface area contributed by atoms with Crippen LogP contribution in [0.5, 0.6) is 0 Å². The molecule has 0 saturated heterocycles. The number of rotatable bonds is 5. The van der Waals surface area contributed by atoms with Gasteiger partial charge in [0.05, 0.1) is 12.1 Å². The van der Waals surface area contributed by atoms with Gasteiger partial charge in [-0.3, -0.25) is 0 Å². The molecule has 1 aromatic rings. The Morgan fingerprint density at radius 1 is 1.38 bits per heavy atom. The maximum atomic E-state index is 12.1. The lowest BCUT2D eigenvalue weighted by Crippen LogP contribution is -2.42. The first-order valence-corrected chi connectivity index (χ1v) is 7.51. The summed E-state index contributed by atoms with van der Waals surface area (Å²) in [6.07, 6.45) is 3.21. The molecule has 3 N–H and O–H groups in total. The van der Waals surface area contributed by atoms with Crippen LogP contribution < -0.4 is 16.0 Å². The first-order chi connectivity index (χ1) is 10.1. The van der Waals surface area contributed by atoms with Gasteiger partial charge >= 0.3 is 6.03 Å². The van der Waals surface area contributed by atoms with Crippen molar-refractivity contribution in [3.05, 3.63) is 29.8 Å². The Morgan fingerprint density at radius 2 is 2.19 bits per heavy atom. The fourth-order valence-corrected chi connectivity index (χ4v) is 2.76. The summed E-state index contributed by atoms with van der Waals surface area (Å²) >= 11 is 0. The van der Waals surface area contributed by atoms with E-state index in [2.05, 4.69) is 22.9 Å². The summed E-state index contributed by atoms with van der Waals surface area (Å²) in [5.41, 5.74) is 1.95. The zero-order chi connectivity index (χ0) is 15.2. The molecule has 0 heterocycles. The van der Waals surface area contributed by atoms with Crippen LogP contribution in [-0.4, -0.2) is 32.3 Å². The van der Waals surface area contributed by atoms with Crippen molar-refractivity contribution in [3.8, 4) is 0 Å². The number of hydrogen-bond acceptors (Lipinski definition) is 3. The van der Waals surface area contributed by atoms with E-state index in [4.69, 9.17) is 4.74 Å². The molecule has 1 fully saturated rings. The SMILES string of the molecule is CNC(C)c1cccc(NC(=O)NC2CCCC2OC)c1. The molecular weight excluding hydrogens is 266 g/mol. The number of anilines is 1. The van der Waals surface area contributed by atoms with Crippen LogP contribution in [0.25, 0.3) is 0 Å². The van der Waals surface area contributed by atoms with Crippen molar-refractivity contribution < 1.29 is 9.53 Å². The van der Waals surface area contributed by atoms with Crippen LogP contribution in [0.2, 0.25) is 0 Å². The van der Waals surface area contributed by atoms with Gasteiger partial charge in [0.15, 0.2) is 0 Å². The van der Waals surface area contributed by atoms with Gasteiger partial charge in [-0.2, -0.15) is 0 Å². The Morgan fingerprint density at radius 3 is 2.90 bits per heavy atom. The van der Waals surface area contributed by atoms with Crippen LogP contribution in [0, 0.1) is 0 Å². The van der Waals surface area contributed by atoms with E-state index in [9.17, 15) is 4.79 Å². The highest BCUT2D eigenvalue weighted by atomic mass is 16.5. The van der Waals surface area contributed by atoms with Crippen LogP contribution in [0.15, 0.2) is 24.3 Å². The van der Waals surface area contributed by atoms with Gasteiger partial charge in [0, 0.05) is 18.8 Å². The minimum absolute atomic E-state index is 0.106. The number of nitrogens with one attached hydrogen (secondary N) is 3. The topological polar surface area (TPSA) is 62.4 Å². The lowest BCUT2D eigenvalue weighted by molar-refractivity contribution is 0.0882. The predicted molar refractivity (Wildman–Crippen MR) is 84.5 cm³/mol. The molecule has 0 aliphatic heterocycles. The van der Waals surface area contributed by atoms with Crippen LogP contribution >= 0.6 is 0 Å². The van der Waals surface area contributed by atoms with Gasteiger partial charge in [0.1, 0.15) is 0 Å². The monoisotopic (exact) mass is 291 g/mol. The maximum Gasteiger partial charge on any atom is 0.319 e. The third-order valence-corrected chi connectivity index (χ3v) is 4.15. The number of methoxy groups -OCH3 is 1. The van der Waals surface area contributed by atoms with Crippen molar-refractivity contribution in [2.75, 3.05) is 19.5 Å². The average molecular weight is 291 g/mol. The molecule has 5 heteroatoms. The van der Waals surface area contributed by atoms with E-state index >= 15 is 0 Å². The van der Waals surface area contributed by atoms with E-state index in [0.717, 1.165) is 30.5 Å². The normalized spacial score (nSPS) is 22.8. The fraction of sp³-hybridized carbons (Fsp3) is 0.562. The molecule has 5 nitrogen and oxygen atoms in total. The Labute approximate surface area is 126 Å². The summed E-state index contributed by atoms with van der Waals surface area (Å²) in [4.78, 5) is 12.1. The molecule has 1 aliphatic rings. The van der Waals surface area contributed by atoms with Gasteiger partial charge in [0.25, 0.3) is 0 Å². The number of ether oxygens (including phenoxy) is 1. The number of hydrogen-bond donors (Lipinski definition) is 3. The molecule has 2 amide bonds. The summed E-state index contributed by atoms with van der Waals surface area (Å²) in [6, 6.07) is 8.07. The molecular formula is C16H25N3O2. The second-order valence-electron chi connectivity index (χ2n) is 5.55. The first kappa shape index (κ1) is 15.8. The van der Waals surface area contributed by atoms with Crippen molar-refractivity contribution in [2.24, 2.45) is 0 Å². The van der Waals surface area contributed by atoms with Gasteiger partial charge in [-0.05, 0) is 50.9 Å². The third-order valence-electron chi connectivity index (χ3n) is 4.15. The predicted octanol–water partition coefficient (Wildman–Crippen LogP) is 2.66. The summed E-state index contributed by atoms with van der Waals surface area (Å²) < 4.78 is 5.39. The highest BCUT2D eigenvalue weighted by Crippen LogP contribution is 2.22. The second-order valence-corrected chi connectivity index (χ2v) is 5.55. The third kappa shape index (κ3) is 4.19. The van der Waals surface area contributed by atoms with E-state index in [0.29, 0.717) is 0 Å². The number of benzene rings is 1. The van der Waals surface area contributed by atoms with Crippen LogP contribution in [0.4, 0.5) is 10.5 Å². The molecule has 1 aliphatic carbocycles. The number of urea groups is 1. The smallest absolute Gasteiger partial charge is 0.319 e. The molecule has 21 heavy (non-hydrogen) atoms. The van der Waals surface area contributed by atoms with Gasteiger partial charge in [0.2, 0.25) is 0 Å². The Balaban J connectivity index is 1.93. The van der Waals surface area contributed by atoms with E-state index in [1.54, 1.807) is 7.11 Å². The summed E-state index contributed by atoms with van der Waals surface area (Å²) in [7, 11) is 3.62. The van der Waals surface area contributed by atoms with E-state index in [1.807, 2.05) is 31.3 Å². The summed E-state index contributed by atoms with van der Waals surface area (Å²) in [5, 5.41) is 9.09. The van der Waals surface area contributed by atoms with E-state index in [-0.39, 0.29) is 24.2 Å². The molecule has 0 radical (unpaired) electrons. The standard InChI is InChI=1S/C16H25N3O2/c1-11(17-2)12-6-4-7-13(10-12)18-16(20)19-14-8-5-9-15(14)21-3/h4,6-7,10-11,14-15,17H,5,8-9H2,1-3H3,(H2,18,19,20). The zero-order valence-electron chi connectivity index (χ0n) is 13.0. The zero-order valence-corrected chi connectivity index (χ0v) is 13.0.